The zero-order valence-electron chi connectivity index (χ0n) is 6.65. The number of hydrogen-bond acceptors (Lipinski definition) is 1. The molecule has 0 aliphatic carbocycles. The van der Waals surface area contributed by atoms with E-state index in [-0.39, 0.29) is 5.56 Å². The molecule has 0 atom stereocenters. The maximum absolute atomic E-state index is 12.9. The minimum absolute atomic E-state index is 0.244. The van der Waals surface area contributed by atoms with Gasteiger partial charge in [0.25, 0.3) is 0 Å². The number of alkyl halides is 1. The zero-order valence-corrected chi connectivity index (χ0v) is 8.99. The van der Waals surface area contributed by atoms with Gasteiger partial charge < -0.3 is 0 Å². The molecule has 0 fully saturated rings. The van der Waals surface area contributed by atoms with Crippen LogP contribution in [0.3, 0.4) is 0 Å². The summed E-state index contributed by atoms with van der Waals surface area (Å²) in [6, 6.07) is 1.46. The summed E-state index contributed by atoms with van der Waals surface area (Å²) < 4.78 is 12.9. The predicted molar refractivity (Wildman–Crippen MR) is 54.5 cm³/mol. The van der Waals surface area contributed by atoms with Crippen molar-refractivity contribution in [3.05, 3.63) is 28.8 Å². The van der Waals surface area contributed by atoms with E-state index in [9.17, 15) is 4.39 Å². The van der Waals surface area contributed by atoms with E-state index in [2.05, 4.69) is 32.8 Å². The molecular weight excluding hydrogens is 256 g/mol. The molecule has 0 aromatic carbocycles. The van der Waals surface area contributed by atoms with Gasteiger partial charge in [0.15, 0.2) is 0 Å². The third-order valence-electron chi connectivity index (χ3n) is 1.25. The van der Waals surface area contributed by atoms with Crippen LogP contribution in [0, 0.1) is 17.8 Å². The van der Waals surface area contributed by atoms with Crippen LogP contribution in [0.2, 0.25) is 5.02 Å². The van der Waals surface area contributed by atoms with Crippen molar-refractivity contribution in [2.75, 3.05) is 5.33 Å². The molecule has 0 N–H and O–H groups in total. The van der Waals surface area contributed by atoms with Crippen LogP contribution in [-0.2, 0) is 0 Å². The number of pyridine rings is 1. The van der Waals surface area contributed by atoms with Crippen molar-refractivity contribution in [3.8, 4) is 11.8 Å². The Hall–Kier alpha value is -0.590. The molecule has 13 heavy (non-hydrogen) atoms. The van der Waals surface area contributed by atoms with Crippen molar-refractivity contribution >= 4 is 27.5 Å². The summed E-state index contributed by atoms with van der Waals surface area (Å²) in [6.07, 6.45) is 1.93. The maximum Gasteiger partial charge on any atom is 0.228 e. The Morgan fingerprint density at radius 3 is 3.08 bits per heavy atom. The van der Waals surface area contributed by atoms with Gasteiger partial charge in [-0.2, -0.15) is 4.39 Å². The lowest BCUT2D eigenvalue weighted by Gasteiger charge is -1.92. The summed E-state index contributed by atoms with van der Waals surface area (Å²) >= 11 is 8.84. The molecule has 0 amide bonds. The van der Waals surface area contributed by atoms with E-state index < -0.39 is 5.95 Å². The van der Waals surface area contributed by atoms with Crippen molar-refractivity contribution in [1.29, 1.82) is 0 Å². The Bertz CT molecular complexity index is 356. The number of aromatic nitrogens is 1. The third-order valence-corrected chi connectivity index (χ3v) is 1.85. The molecule has 1 heterocycles. The molecule has 0 bridgehead atoms. The molecular formula is C9H6BrClFN. The van der Waals surface area contributed by atoms with Gasteiger partial charge >= 0.3 is 0 Å². The normalized spacial score (nSPS) is 9.15. The van der Waals surface area contributed by atoms with E-state index in [1.807, 2.05) is 0 Å². The Morgan fingerprint density at radius 2 is 2.38 bits per heavy atom. The van der Waals surface area contributed by atoms with Crippen LogP contribution >= 0.6 is 27.5 Å². The van der Waals surface area contributed by atoms with Crippen molar-refractivity contribution in [3.63, 3.8) is 0 Å². The molecule has 0 aliphatic heterocycles. The van der Waals surface area contributed by atoms with Gasteiger partial charge in [-0.05, 0) is 6.07 Å². The second-order valence-corrected chi connectivity index (χ2v) is 3.46. The molecule has 0 aliphatic rings. The Balaban J connectivity index is 2.89. The van der Waals surface area contributed by atoms with Crippen LogP contribution in [-0.4, -0.2) is 10.3 Å². The fourth-order valence-corrected chi connectivity index (χ4v) is 1.07. The van der Waals surface area contributed by atoms with E-state index in [1.54, 1.807) is 0 Å². The lowest BCUT2D eigenvalue weighted by Crippen LogP contribution is -1.87. The summed E-state index contributed by atoms with van der Waals surface area (Å²) in [5.41, 5.74) is 0.244. The Labute approximate surface area is 89.4 Å². The first-order chi connectivity index (χ1) is 6.24. The first kappa shape index (κ1) is 10.5. The highest BCUT2D eigenvalue weighted by atomic mass is 79.9. The molecule has 0 saturated carbocycles. The van der Waals surface area contributed by atoms with E-state index in [4.69, 9.17) is 11.6 Å². The highest BCUT2D eigenvalue weighted by Crippen LogP contribution is 2.10. The lowest BCUT2D eigenvalue weighted by molar-refractivity contribution is 0.580. The van der Waals surface area contributed by atoms with E-state index >= 15 is 0 Å². The van der Waals surface area contributed by atoms with Crippen molar-refractivity contribution in [2.45, 2.75) is 6.42 Å². The average Bonchev–Trinajstić information content (AvgIpc) is 2.11. The average molecular weight is 263 g/mol. The largest absolute Gasteiger partial charge is 0.228 e. The molecule has 0 saturated heterocycles. The standard InChI is InChI=1S/C9H6BrClFN/c10-4-2-1-3-7-5-8(11)6-13-9(7)12/h5-6H,2,4H2. The van der Waals surface area contributed by atoms with Crippen LogP contribution in [0.15, 0.2) is 12.3 Å². The Morgan fingerprint density at radius 1 is 1.62 bits per heavy atom. The predicted octanol–water partition coefficient (Wildman–Crippen LogP) is 3.01. The number of halogens is 3. The summed E-state index contributed by atoms with van der Waals surface area (Å²) in [5, 5.41) is 1.17. The fraction of sp³-hybridized carbons (Fsp3) is 0.222. The highest BCUT2D eigenvalue weighted by Gasteiger charge is 1.99. The van der Waals surface area contributed by atoms with Gasteiger partial charge in [-0.25, -0.2) is 4.98 Å². The molecule has 1 rings (SSSR count). The van der Waals surface area contributed by atoms with Gasteiger partial charge in [0.05, 0.1) is 10.6 Å². The third kappa shape index (κ3) is 3.33. The Kier molecular flexibility index (Phi) is 4.20. The minimum Gasteiger partial charge on any atom is -0.226 e. The minimum atomic E-state index is -0.577. The summed E-state index contributed by atoms with van der Waals surface area (Å²) in [4.78, 5) is 3.44. The summed E-state index contributed by atoms with van der Waals surface area (Å²) in [6.45, 7) is 0. The van der Waals surface area contributed by atoms with E-state index in [0.717, 1.165) is 5.33 Å². The monoisotopic (exact) mass is 261 g/mol. The molecule has 4 heteroatoms. The smallest absolute Gasteiger partial charge is 0.226 e. The van der Waals surface area contributed by atoms with Gasteiger partial charge in [0.1, 0.15) is 0 Å². The maximum atomic E-state index is 12.9. The van der Waals surface area contributed by atoms with Crippen molar-refractivity contribution in [2.24, 2.45) is 0 Å². The van der Waals surface area contributed by atoms with Gasteiger partial charge in [-0.1, -0.05) is 39.4 Å². The number of hydrogen-bond donors (Lipinski definition) is 0. The number of rotatable bonds is 1. The quantitative estimate of drug-likeness (QED) is 0.431. The first-order valence-electron chi connectivity index (χ1n) is 3.60. The first-order valence-corrected chi connectivity index (χ1v) is 5.10. The van der Waals surface area contributed by atoms with Gasteiger partial charge in [-0.3, -0.25) is 0 Å². The molecule has 1 aromatic rings. The molecule has 0 unspecified atom stereocenters. The van der Waals surface area contributed by atoms with Crippen LogP contribution in [0.4, 0.5) is 4.39 Å². The SMILES string of the molecule is Fc1ncc(Cl)cc1C#CCCBr. The van der Waals surface area contributed by atoms with Crippen LogP contribution in [0.25, 0.3) is 0 Å². The molecule has 1 aromatic heterocycles. The molecule has 0 spiro atoms. The second kappa shape index (κ2) is 5.21. The summed E-state index contributed by atoms with van der Waals surface area (Å²) in [5.74, 6) is 4.86. The van der Waals surface area contributed by atoms with Crippen molar-refractivity contribution in [1.82, 2.24) is 4.98 Å². The van der Waals surface area contributed by atoms with E-state index in [1.165, 1.54) is 12.3 Å². The number of nitrogens with zero attached hydrogens (tertiary/aromatic N) is 1. The topological polar surface area (TPSA) is 12.9 Å². The zero-order chi connectivity index (χ0) is 9.68. The highest BCUT2D eigenvalue weighted by molar-refractivity contribution is 9.09. The molecule has 68 valence electrons. The van der Waals surface area contributed by atoms with Crippen LogP contribution in [0.5, 0.6) is 0 Å². The van der Waals surface area contributed by atoms with Crippen molar-refractivity contribution < 1.29 is 4.39 Å². The summed E-state index contributed by atoms with van der Waals surface area (Å²) in [7, 11) is 0. The van der Waals surface area contributed by atoms with Crippen LogP contribution in [0.1, 0.15) is 12.0 Å². The van der Waals surface area contributed by atoms with Crippen LogP contribution < -0.4 is 0 Å². The van der Waals surface area contributed by atoms with Gasteiger partial charge in [0, 0.05) is 17.9 Å². The van der Waals surface area contributed by atoms with Gasteiger partial charge in [-0.15, -0.1) is 0 Å². The molecule has 1 nitrogen and oxygen atoms in total. The lowest BCUT2D eigenvalue weighted by atomic mass is 10.3. The molecule has 0 radical (unpaired) electrons. The second-order valence-electron chi connectivity index (χ2n) is 2.23. The fourth-order valence-electron chi connectivity index (χ4n) is 0.715. The van der Waals surface area contributed by atoms with E-state index in [0.29, 0.717) is 11.4 Å². The van der Waals surface area contributed by atoms with Gasteiger partial charge in [0.2, 0.25) is 5.95 Å².